The van der Waals surface area contributed by atoms with Crippen molar-refractivity contribution in [3.63, 3.8) is 0 Å². The molecule has 1 aromatic rings. The first-order valence-corrected chi connectivity index (χ1v) is 8.65. The lowest BCUT2D eigenvalue weighted by Crippen LogP contribution is -2.31. The number of carbonyl (C=O) groups is 3. The Morgan fingerprint density at radius 1 is 1.00 bits per heavy atom. The van der Waals surface area contributed by atoms with E-state index in [4.69, 9.17) is 0 Å². The highest BCUT2D eigenvalue weighted by molar-refractivity contribution is 8.00. The van der Waals surface area contributed by atoms with Gasteiger partial charge >= 0.3 is 18.0 Å². The summed E-state index contributed by atoms with van der Waals surface area (Å²) in [4.78, 5) is 35.4. The van der Waals surface area contributed by atoms with Gasteiger partial charge in [0.05, 0.1) is 25.3 Å². The largest absolute Gasteiger partial charge is 0.465 e. The molecule has 1 aromatic carbocycles. The smallest absolute Gasteiger partial charge is 0.337 e. The Morgan fingerprint density at radius 3 is 1.96 bits per heavy atom. The van der Waals surface area contributed by atoms with Crippen LogP contribution in [0, 0.1) is 0 Å². The number of hydrogen-bond donors (Lipinski definition) is 2. The summed E-state index contributed by atoms with van der Waals surface area (Å²) in [6.07, 6.45) is 0. The third-order valence-corrected chi connectivity index (χ3v) is 4.23. The summed E-state index contributed by atoms with van der Waals surface area (Å²) in [5, 5.41) is 5.33. The number of hydrogen-bond acceptors (Lipinski definition) is 6. The number of amides is 2. The number of nitrogens with one attached hydrogen (secondary N) is 2. The maximum atomic E-state index is 12.0. The number of thioether (sulfide) groups is 1. The van der Waals surface area contributed by atoms with E-state index in [9.17, 15) is 14.4 Å². The van der Waals surface area contributed by atoms with Crippen molar-refractivity contribution in [2.24, 2.45) is 0 Å². The minimum absolute atomic E-state index is 0.127. The first-order chi connectivity index (χ1) is 11.7. The summed E-state index contributed by atoms with van der Waals surface area (Å²) in [5.74, 6) is -0.460. The zero-order valence-corrected chi connectivity index (χ0v) is 15.9. The van der Waals surface area contributed by atoms with Crippen LogP contribution in [-0.2, 0) is 9.47 Å². The summed E-state index contributed by atoms with van der Waals surface area (Å²) >= 11 is 1.74. The van der Waals surface area contributed by atoms with Gasteiger partial charge in [0.1, 0.15) is 0 Å². The molecule has 0 saturated carbocycles. The zero-order valence-electron chi connectivity index (χ0n) is 15.1. The molecule has 0 aliphatic rings. The fraction of sp³-hybridized carbons (Fsp3) is 0.471. The molecule has 0 radical (unpaired) electrons. The molecule has 0 bridgehead atoms. The summed E-state index contributed by atoms with van der Waals surface area (Å²) < 4.78 is 9.43. The number of rotatable bonds is 6. The number of urea groups is 1. The van der Waals surface area contributed by atoms with Crippen molar-refractivity contribution in [3.8, 4) is 0 Å². The topological polar surface area (TPSA) is 93.7 Å². The summed E-state index contributed by atoms with van der Waals surface area (Å²) in [6, 6.07) is 3.79. The van der Waals surface area contributed by atoms with Gasteiger partial charge in [-0.15, -0.1) is 0 Å². The lowest BCUT2D eigenvalue weighted by molar-refractivity contribution is 0.0599. The lowest BCUT2D eigenvalue weighted by atomic mass is 10.1. The molecule has 0 heterocycles. The molecule has 0 saturated heterocycles. The van der Waals surface area contributed by atoms with Gasteiger partial charge in [0, 0.05) is 22.7 Å². The highest BCUT2D eigenvalue weighted by Crippen LogP contribution is 2.22. The average Bonchev–Trinajstić information content (AvgIpc) is 2.56. The molecular formula is C17H24N2O5S. The minimum Gasteiger partial charge on any atom is -0.465 e. The van der Waals surface area contributed by atoms with Crippen molar-refractivity contribution >= 4 is 35.4 Å². The van der Waals surface area contributed by atoms with Crippen LogP contribution in [0.4, 0.5) is 10.5 Å². The summed E-state index contributed by atoms with van der Waals surface area (Å²) in [5.41, 5.74) is 0.581. The molecule has 2 amide bonds. The van der Waals surface area contributed by atoms with E-state index in [2.05, 4.69) is 40.9 Å². The van der Waals surface area contributed by atoms with Crippen LogP contribution in [0.5, 0.6) is 0 Å². The Morgan fingerprint density at radius 2 is 1.52 bits per heavy atom. The van der Waals surface area contributed by atoms with Gasteiger partial charge in [-0.1, -0.05) is 20.8 Å². The highest BCUT2D eigenvalue weighted by Gasteiger charge is 2.15. The molecule has 138 valence electrons. The molecule has 0 unspecified atom stereocenters. The normalized spacial score (nSPS) is 10.8. The van der Waals surface area contributed by atoms with Crippen LogP contribution in [0.25, 0.3) is 0 Å². The van der Waals surface area contributed by atoms with Crippen molar-refractivity contribution in [2.45, 2.75) is 25.5 Å². The molecular weight excluding hydrogens is 344 g/mol. The monoisotopic (exact) mass is 368 g/mol. The molecule has 25 heavy (non-hydrogen) atoms. The Hall–Kier alpha value is -2.22. The van der Waals surface area contributed by atoms with Gasteiger partial charge in [-0.3, -0.25) is 0 Å². The quantitative estimate of drug-likeness (QED) is 0.592. The molecule has 1 rings (SSSR count). The van der Waals surface area contributed by atoms with Crippen LogP contribution >= 0.6 is 11.8 Å². The van der Waals surface area contributed by atoms with Crippen LogP contribution < -0.4 is 10.6 Å². The van der Waals surface area contributed by atoms with Gasteiger partial charge < -0.3 is 20.1 Å². The number of methoxy groups -OCH3 is 2. The zero-order chi connectivity index (χ0) is 19.0. The van der Waals surface area contributed by atoms with E-state index in [1.54, 1.807) is 11.8 Å². The molecule has 0 aliphatic heterocycles. The predicted octanol–water partition coefficient (Wildman–Crippen LogP) is 2.91. The van der Waals surface area contributed by atoms with E-state index in [-0.39, 0.29) is 15.9 Å². The third kappa shape index (κ3) is 7.47. The molecule has 2 N–H and O–H groups in total. The van der Waals surface area contributed by atoms with Gasteiger partial charge in [0.2, 0.25) is 0 Å². The second kappa shape index (κ2) is 9.31. The SMILES string of the molecule is COC(=O)c1cc(NC(=O)NCCSC(C)(C)C)cc(C(=O)OC)c1. The Labute approximate surface area is 151 Å². The van der Waals surface area contributed by atoms with Gasteiger partial charge in [0.15, 0.2) is 0 Å². The fourth-order valence-electron chi connectivity index (χ4n) is 1.87. The third-order valence-electron chi connectivity index (χ3n) is 2.96. The number of esters is 2. The fourth-order valence-corrected chi connectivity index (χ4v) is 2.68. The Bertz CT molecular complexity index is 606. The molecule has 0 aliphatic carbocycles. The Kier molecular flexibility index (Phi) is 7.76. The van der Waals surface area contributed by atoms with Crippen LogP contribution in [0.15, 0.2) is 18.2 Å². The van der Waals surface area contributed by atoms with Crippen LogP contribution in [0.3, 0.4) is 0 Å². The standard InChI is InChI=1S/C17H24N2O5S/c1-17(2,3)25-7-6-18-16(22)19-13-9-11(14(20)23-4)8-12(10-13)15(21)24-5/h8-10H,6-7H2,1-5H3,(H2,18,19,22). The molecule has 0 spiro atoms. The van der Waals surface area contributed by atoms with E-state index < -0.39 is 18.0 Å². The predicted molar refractivity (Wildman–Crippen MR) is 98.4 cm³/mol. The minimum atomic E-state index is -0.615. The molecule has 8 heteroatoms. The molecule has 0 aromatic heterocycles. The summed E-state index contributed by atoms with van der Waals surface area (Å²) in [6.45, 7) is 6.80. The first kappa shape index (κ1) is 20.8. The Balaban J connectivity index is 2.77. The van der Waals surface area contributed by atoms with Crippen LogP contribution in [-0.4, -0.2) is 49.2 Å². The van der Waals surface area contributed by atoms with Crippen molar-refractivity contribution in [3.05, 3.63) is 29.3 Å². The van der Waals surface area contributed by atoms with Crippen LogP contribution in [0.1, 0.15) is 41.5 Å². The number of carbonyl (C=O) groups excluding carboxylic acids is 3. The highest BCUT2D eigenvalue weighted by atomic mass is 32.2. The second-order valence-corrected chi connectivity index (χ2v) is 8.05. The van der Waals surface area contributed by atoms with Gasteiger partial charge in [-0.25, -0.2) is 14.4 Å². The van der Waals surface area contributed by atoms with E-state index in [1.165, 1.54) is 32.4 Å². The molecule has 0 fully saturated rings. The number of anilines is 1. The molecule has 7 nitrogen and oxygen atoms in total. The van der Waals surface area contributed by atoms with E-state index in [0.29, 0.717) is 12.2 Å². The van der Waals surface area contributed by atoms with Crippen LogP contribution in [0.2, 0.25) is 0 Å². The maximum Gasteiger partial charge on any atom is 0.337 e. The second-order valence-electron chi connectivity index (χ2n) is 6.12. The van der Waals surface area contributed by atoms with Crippen molar-refractivity contribution in [1.82, 2.24) is 5.32 Å². The van der Waals surface area contributed by atoms with Crippen molar-refractivity contribution in [1.29, 1.82) is 0 Å². The molecule has 0 atom stereocenters. The maximum absolute atomic E-state index is 12.0. The summed E-state index contributed by atoms with van der Waals surface area (Å²) in [7, 11) is 2.47. The van der Waals surface area contributed by atoms with Crippen molar-refractivity contribution in [2.75, 3.05) is 31.8 Å². The van der Waals surface area contributed by atoms with Gasteiger partial charge in [0.25, 0.3) is 0 Å². The van der Waals surface area contributed by atoms with Gasteiger partial charge in [-0.2, -0.15) is 11.8 Å². The van der Waals surface area contributed by atoms with E-state index in [0.717, 1.165) is 5.75 Å². The van der Waals surface area contributed by atoms with E-state index >= 15 is 0 Å². The number of ether oxygens (including phenoxy) is 2. The first-order valence-electron chi connectivity index (χ1n) is 7.67. The van der Waals surface area contributed by atoms with Crippen molar-refractivity contribution < 1.29 is 23.9 Å². The average molecular weight is 368 g/mol. The number of benzene rings is 1. The van der Waals surface area contributed by atoms with E-state index in [1.807, 2.05) is 0 Å². The lowest BCUT2D eigenvalue weighted by Gasteiger charge is -2.17. The van der Waals surface area contributed by atoms with Gasteiger partial charge in [-0.05, 0) is 18.2 Å².